The van der Waals surface area contributed by atoms with Crippen molar-refractivity contribution in [2.45, 2.75) is 12.6 Å². The molecule has 0 radical (unpaired) electrons. The van der Waals surface area contributed by atoms with Crippen molar-refractivity contribution < 1.29 is 13.2 Å². The molecule has 0 saturated carbocycles. The van der Waals surface area contributed by atoms with Crippen LogP contribution in [0.2, 0.25) is 0 Å². The standard InChI is InChI=1S/C14H12F3N5/c15-14(16,17)11-8-12(22-13(21-11)19-9-20-22)18-7-6-10-4-2-1-3-5-10/h1-5,8-9,18H,6-7H2. The molecule has 0 saturated heterocycles. The number of nitrogens with one attached hydrogen (secondary N) is 1. The Hall–Kier alpha value is -2.64. The summed E-state index contributed by atoms with van der Waals surface area (Å²) in [5.74, 6) is 0.128. The van der Waals surface area contributed by atoms with Gasteiger partial charge in [0.2, 0.25) is 0 Å². The molecule has 3 rings (SSSR count). The molecule has 0 fully saturated rings. The van der Waals surface area contributed by atoms with Crippen LogP contribution in [0.15, 0.2) is 42.7 Å². The van der Waals surface area contributed by atoms with Crippen LogP contribution >= 0.6 is 0 Å². The molecule has 0 spiro atoms. The Morgan fingerprint density at radius 2 is 1.91 bits per heavy atom. The molecule has 0 aliphatic carbocycles. The summed E-state index contributed by atoms with van der Waals surface area (Å²) in [5, 5.41) is 6.84. The van der Waals surface area contributed by atoms with E-state index in [0.29, 0.717) is 13.0 Å². The predicted octanol–water partition coefficient (Wildman–Crippen LogP) is 2.80. The first-order valence-corrected chi connectivity index (χ1v) is 6.60. The molecule has 2 aromatic heterocycles. The molecule has 3 aromatic rings. The van der Waals surface area contributed by atoms with E-state index in [-0.39, 0.29) is 11.6 Å². The van der Waals surface area contributed by atoms with Gasteiger partial charge in [0.1, 0.15) is 12.1 Å². The minimum atomic E-state index is -4.52. The van der Waals surface area contributed by atoms with Crippen LogP contribution in [-0.2, 0) is 12.6 Å². The molecule has 0 aliphatic heterocycles. The minimum Gasteiger partial charge on any atom is -0.370 e. The Morgan fingerprint density at radius 3 is 2.64 bits per heavy atom. The Bertz CT molecular complexity index is 767. The summed E-state index contributed by atoms with van der Waals surface area (Å²) < 4.78 is 39.8. The summed E-state index contributed by atoms with van der Waals surface area (Å²) in [6.07, 6.45) is -2.67. The van der Waals surface area contributed by atoms with Crippen LogP contribution in [0.1, 0.15) is 11.3 Å². The van der Waals surface area contributed by atoms with Crippen molar-refractivity contribution in [2.75, 3.05) is 11.9 Å². The first-order chi connectivity index (χ1) is 10.5. The van der Waals surface area contributed by atoms with Gasteiger partial charge in [-0.2, -0.15) is 27.8 Å². The topological polar surface area (TPSA) is 55.1 Å². The number of hydrogen-bond donors (Lipinski definition) is 1. The number of hydrogen-bond acceptors (Lipinski definition) is 4. The van der Waals surface area contributed by atoms with Crippen molar-refractivity contribution in [1.82, 2.24) is 19.6 Å². The third-order valence-corrected chi connectivity index (χ3v) is 3.10. The maximum absolute atomic E-state index is 12.8. The first-order valence-electron chi connectivity index (χ1n) is 6.60. The van der Waals surface area contributed by atoms with Gasteiger partial charge in [-0.3, -0.25) is 0 Å². The fourth-order valence-electron chi connectivity index (χ4n) is 2.06. The van der Waals surface area contributed by atoms with E-state index in [9.17, 15) is 13.2 Å². The summed E-state index contributed by atoms with van der Waals surface area (Å²) >= 11 is 0. The number of halogens is 3. The maximum Gasteiger partial charge on any atom is 0.433 e. The molecule has 2 heterocycles. The lowest BCUT2D eigenvalue weighted by atomic mass is 10.1. The predicted molar refractivity (Wildman–Crippen MR) is 74.4 cm³/mol. The van der Waals surface area contributed by atoms with Crippen LogP contribution in [-0.4, -0.2) is 26.1 Å². The Kier molecular flexibility index (Phi) is 3.66. The highest BCUT2D eigenvalue weighted by atomic mass is 19.4. The molecule has 114 valence electrons. The SMILES string of the molecule is FC(F)(F)c1cc(NCCc2ccccc2)n2ncnc2n1. The first kappa shape index (κ1) is 14.3. The van der Waals surface area contributed by atoms with Crippen molar-refractivity contribution in [3.8, 4) is 0 Å². The summed E-state index contributed by atoms with van der Waals surface area (Å²) in [7, 11) is 0. The fourth-order valence-corrected chi connectivity index (χ4v) is 2.06. The normalized spacial score (nSPS) is 11.8. The molecular weight excluding hydrogens is 295 g/mol. The lowest BCUT2D eigenvalue weighted by Gasteiger charge is -2.11. The second-order valence-corrected chi connectivity index (χ2v) is 4.66. The van der Waals surface area contributed by atoms with Gasteiger partial charge >= 0.3 is 6.18 Å². The van der Waals surface area contributed by atoms with Crippen LogP contribution in [0, 0.1) is 0 Å². The molecule has 0 bridgehead atoms. The fraction of sp³-hybridized carbons (Fsp3) is 0.214. The molecule has 1 N–H and O–H groups in total. The van der Waals surface area contributed by atoms with E-state index >= 15 is 0 Å². The monoisotopic (exact) mass is 307 g/mol. The van der Waals surface area contributed by atoms with Gasteiger partial charge in [-0.25, -0.2) is 4.98 Å². The summed E-state index contributed by atoms with van der Waals surface area (Å²) in [4.78, 5) is 7.18. The van der Waals surface area contributed by atoms with Crippen molar-refractivity contribution in [3.05, 3.63) is 54.0 Å². The number of anilines is 1. The van der Waals surface area contributed by atoms with E-state index < -0.39 is 11.9 Å². The van der Waals surface area contributed by atoms with Crippen molar-refractivity contribution in [3.63, 3.8) is 0 Å². The summed E-state index contributed by atoms with van der Waals surface area (Å²) in [6, 6.07) is 10.6. The van der Waals surface area contributed by atoms with Gasteiger partial charge in [-0.15, -0.1) is 0 Å². The van der Waals surface area contributed by atoms with Gasteiger partial charge in [0.25, 0.3) is 5.78 Å². The molecule has 0 atom stereocenters. The van der Waals surface area contributed by atoms with Gasteiger partial charge in [0.15, 0.2) is 5.69 Å². The Morgan fingerprint density at radius 1 is 1.14 bits per heavy atom. The number of alkyl halides is 3. The molecule has 5 nitrogen and oxygen atoms in total. The highest BCUT2D eigenvalue weighted by Gasteiger charge is 2.34. The zero-order valence-electron chi connectivity index (χ0n) is 11.4. The Balaban J connectivity index is 1.81. The van der Waals surface area contributed by atoms with Crippen molar-refractivity contribution in [2.24, 2.45) is 0 Å². The molecule has 22 heavy (non-hydrogen) atoms. The van der Waals surface area contributed by atoms with E-state index in [0.717, 1.165) is 11.6 Å². The average Bonchev–Trinajstić information content (AvgIpc) is 2.96. The second kappa shape index (κ2) is 5.63. The van der Waals surface area contributed by atoms with Crippen molar-refractivity contribution >= 4 is 11.6 Å². The van der Waals surface area contributed by atoms with Crippen LogP contribution < -0.4 is 5.32 Å². The van der Waals surface area contributed by atoms with E-state index in [1.807, 2.05) is 30.3 Å². The highest BCUT2D eigenvalue weighted by Crippen LogP contribution is 2.29. The number of benzene rings is 1. The van der Waals surface area contributed by atoms with E-state index in [1.165, 1.54) is 10.8 Å². The number of aromatic nitrogens is 4. The number of fused-ring (bicyclic) bond motifs is 1. The lowest BCUT2D eigenvalue weighted by molar-refractivity contribution is -0.141. The number of rotatable bonds is 4. The average molecular weight is 307 g/mol. The van der Waals surface area contributed by atoms with Crippen LogP contribution in [0.25, 0.3) is 5.78 Å². The minimum absolute atomic E-state index is 0.0861. The highest BCUT2D eigenvalue weighted by molar-refractivity contribution is 5.45. The molecule has 1 aromatic carbocycles. The van der Waals surface area contributed by atoms with Gasteiger partial charge < -0.3 is 5.32 Å². The smallest absolute Gasteiger partial charge is 0.370 e. The van der Waals surface area contributed by atoms with Crippen molar-refractivity contribution in [1.29, 1.82) is 0 Å². The van der Waals surface area contributed by atoms with E-state index in [4.69, 9.17) is 0 Å². The molecular formula is C14H12F3N5. The van der Waals surface area contributed by atoms with Crippen LogP contribution in [0.5, 0.6) is 0 Å². The molecule has 8 heteroatoms. The lowest BCUT2D eigenvalue weighted by Crippen LogP contribution is -2.14. The van der Waals surface area contributed by atoms with Crippen LogP contribution in [0.4, 0.5) is 19.0 Å². The third-order valence-electron chi connectivity index (χ3n) is 3.10. The summed E-state index contributed by atoms with van der Waals surface area (Å²) in [5.41, 5.74) is 0.102. The molecule has 0 amide bonds. The van der Waals surface area contributed by atoms with E-state index in [1.54, 1.807) is 0 Å². The zero-order valence-corrected chi connectivity index (χ0v) is 11.4. The second-order valence-electron chi connectivity index (χ2n) is 4.66. The van der Waals surface area contributed by atoms with Gasteiger partial charge in [-0.1, -0.05) is 30.3 Å². The number of nitrogens with zero attached hydrogens (tertiary/aromatic N) is 4. The zero-order chi connectivity index (χ0) is 15.6. The molecule has 0 aliphatic rings. The Labute approximate surface area is 123 Å². The van der Waals surface area contributed by atoms with Gasteiger partial charge in [0, 0.05) is 12.6 Å². The van der Waals surface area contributed by atoms with E-state index in [2.05, 4.69) is 20.4 Å². The van der Waals surface area contributed by atoms with Crippen LogP contribution in [0.3, 0.4) is 0 Å². The van der Waals surface area contributed by atoms with Gasteiger partial charge in [-0.05, 0) is 12.0 Å². The molecule has 0 unspecified atom stereocenters. The maximum atomic E-state index is 12.8. The largest absolute Gasteiger partial charge is 0.433 e. The quantitative estimate of drug-likeness (QED) is 0.805. The van der Waals surface area contributed by atoms with Gasteiger partial charge in [0.05, 0.1) is 0 Å². The third kappa shape index (κ3) is 3.00. The summed E-state index contributed by atoms with van der Waals surface area (Å²) in [6.45, 7) is 0.473.